The molecule has 0 unspecified atom stereocenters. The van der Waals surface area contributed by atoms with Crippen LogP contribution in [0, 0.1) is 0 Å². The predicted octanol–water partition coefficient (Wildman–Crippen LogP) is -12.4. The molecule has 0 saturated heterocycles. The highest BCUT2D eigenvalue weighted by molar-refractivity contribution is 5.92. The standard InChI is InChI=1S/C41H75N9O24/c42-23(1-4-35(63)64)40(69)49-20-34(62)47-19-33(61)46-18-32(60)45-17-31(59)43-6-8-72-10-12-74-14-13-73-11-9-71-7-5-30(58)50-24(41(70)48-16-26(54)37(66)39(68)28(56)22-52)2-3-29(57)44-15-25(53)36(65)38(67)27(55)21-51/h23-28,36-39,51-56,65-68H,1-22,42H2,(H,43,59)(H,44,57)(H,45,60)(H,46,61)(H,47,62)(H,48,70)(H,49,69)(H,50,58)(H,63,64)/t23-,24-,25-,26-,27+,28+,36+,37+,38+,39+/m0/s1. The molecule has 0 radical (unpaired) electrons. The van der Waals surface area contributed by atoms with Crippen LogP contribution in [-0.4, -0.2) is 282 Å². The van der Waals surface area contributed by atoms with E-state index in [1.807, 2.05) is 0 Å². The number of nitrogens with one attached hydrogen (secondary N) is 8. The van der Waals surface area contributed by atoms with Crippen LogP contribution in [0.15, 0.2) is 0 Å². The van der Waals surface area contributed by atoms with Crippen molar-refractivity contribution in [1.82, 2.24) is 42.5 Å². The highest BCUT2D eigenvalue weighted by Gasteiger charge is 2.32. The van der Waals surface area contributed by atoms with Crippen LogP contribution >= 0.6 is 0 Å². The smallest absolute Gasteiger partial charge is 0.303 e. The summed E-state index contributed by atoms with van der Waals surface area (Å²) < 4.78 is 21.5. The van der Waals surface area contributed by atoms with Crippen molar-refractivity contribution in [3.8, 4) is 0 Å². The summed E-state index contributed by atoms with van der Waals surface area (Å²) in [4.78, 5) is 108. The van der Waals surface area contributed by atoms with Crippen molar-refractivity contribution in [3.05, 3.63) is 0 Å². The molecule has 33 nitrogen and oxygen atoms in total. The van der Waals surface area contributed by atoms with Gasteiger partial charge in [0.25, 0.3) is 0 Å². The topological polar surface area (TPSA) is 535 Å². The highest BCUT2D eigenvalue weighted by atomic mass is 16.6. The van der Waals surface area contributed by atoms with Crippen molar-refractivity contribution in [2.24, 2.45) is 5.73 Å². The largest absolute Gasteiger partial charge is 0.481 e. The first kappa shape index (κ1) is 68.6. The number of hydrogen-bond donors (Lipinski definition) is 20. The fourth-order valence-electron chi connectivity index (χ4n) is 5.50. The molecule has 0 aliphatic rings. The van der Waals surface area contributed by atoms with Gasteiger partial charge in [-0.1, -0.05) is 0 Å². The average molecular weight is 1080 g/mol. The van der Waals surface area contributed by atoms with E-state index in [1.54, 1.807) is 0 Å². The second kappa shape index (κ2) is 40.9. The Hall–Kier alpha value is -5.37. The summed E-state index contributed by atoms with van der Waals surface area (Å²) in [5.41, 5.74) is 5.52. The molecule has 0 aliphatic heterocycles. The Balaban J connectivity index is 4.35. The number of carbonyl (C=O) groups excluding carboxylic acids is 8. The second-order valence-corrected chi connectivity index (χ2v) is 15.9. The molecular formula is C41H75N9O24. The maximum absolute atomic E-state index is 13.0. The van der Waals surface area contributed by atoms with E-state index >= 15 is 0 Å². The first-order valence-corrected chi connectivity index (χ1v) is 23.2. The zero-order valence-electron chi connectivity index (χ0n) is 40.6. The zero-order valence-corrected chi connectivity index (χ0v) is 40.6. The summed E-state index contributed by atoms with van der Waals surface area (Å²) in [6.07, 6.45) is -16.7. The lowest BCUT2D eigenvalue weighted by atomic mass is 10.0. The number of rotatable bonds is 44. The molecule has 0 saturated carbocycles. The number of carbonyl (C=O) groups is 9. The molecule has 8 amide bonds. The fourth-order valence-corrected chi connectivity index (χ4v) is 5.50. The Bertz CT molecular complexity index is 1690. The number of aliphatic hydroxyl groups excluding tert-OH is 10. The lowest BCUT2D eigenvalue weighted by Crippen LogP contribution is -2.53. The maximum atomic E-state index is 13.0. The summed E-state index contributed by atoms with van der Waals surface area (Å²) in [6.45, 7) is -4.12. The van der Waals surface area contributed by atoms with Crippen LogP contribution in [-0.2, 0) is 62.1 Å². The molecule has 0 spiro atoms. The molecule has 0 bridgehead atoms. The van der Waals surface area contributed by atoms with E-state index in [1.165, 1.54) is 0 Å². The Morgan fingerprint density at radius 3 is 1.27 bits per heavy atom. The van der Waals surface area contributed by atoms with Gasteiger partial charge in [-0.25, -0.2) is 0 Å². The van der Waals surface area contributed by atoms with Crippen LogP contribution in [0.1, 0.15) is 32.1 Å². The van der Waals surface area contributed by atoms with Gasteiger partial charge >= 0.3 is 5.97 Å². The van der Waals surface area contributed by atoms with Crippen molar-refractivity contribution in [1.29, 1.82) is 0 Å². The van der Waals surface area contributed by atoms with Crippen LogP contribution in [0.4, 0.5) is 0 Å². The van der Waals surface area contributed by atoms with Gasteiger partial charge in [-0.2, -0.15) is 0 Å². The fraction of sp³-hybridized carbons (Fsp3) is 0.780. The molecular weight excluding hydrogens is 1000 g/mol. The third-order valence-electron chi connectivity index (χ3n) is 9.88. The van der Waals surface area contributed by atoms with Crippen LogP contribution < -0.4 is 48.3 Å². The third-order valence-corrected chi connectivity index (χ3v) is 9.88. The van der Waals surface area contributed by atoms with Crippen molar-refractivity contribution >= 4 is 53.2 Å². The van der Waals surface area contributed by atoms with E-state index < -0.39 is 173 Å². The van der Waals surface area contributed by atoms with Gasteiger partial charge in [0, 0.05) is 38.9 Å². The number of ether oxygens (including phenoxy) is 4. The van der Waals surface area contributed by atoms with E-state index in [0.717, 1.165) is 0 Å². The van der Waals surface area contributed by atoms with E-state index in [2.05, 4.69) is 42.5 Å². The molecule has 0 aliphatic carbocycles. The molecule has 0 aromatic carbocycles. The van der Waals surface area contributed by atoms with Gasteiger partial charge in [0.15, 0.2) is 0 Å². The van der Waals surface area contributed by atoms with Crippen molar-refractivity contribution in [2.45, 2.75) is 93.0 Å². The van der Waals surface area contributed by atoms with Gasteiger partial charge in [-0.15, -0.1) is 0 Å². The first-order valence-electron chi connectivity index (χ1n) is 23.2. The van der Waals surface area contributed by atoms with Crippen molar-refractivity contribution in [2.75, 3.05) is 112 Å². The first-order chi connectivity index (χ1) is 35.0. The number of nitrogens with two attached hydrogens (primary N) is 1. The normalized spacial score (nSPS) is 15.3. The third kappa shape index (κ3) is 33.4. The van der Waals surface area contributed by atoms with Crippen LogP contribution in [0.2, 0.25) is 0 Å². The minimum atomic E-state index is -2.01. The minimum absolute atomic E-state index is 0.0596. The summed E-state index contributed by atoms with van der Waals surface area (Å²) >= 11 is 0. The summed E-state index contributed by atoms with van der Waals surface area (Å²) in [5, 5.41) is 124. The van der Waals surface area contributed by atoms with E-state index in [0.29, 0.717) is 0 Å². The Kier molecular flexibility index (Phi) is 38.0. The van der Waals surface area contributed by atoms with Gasteiger partial charge in [-0.05, 0) is 12.8 Å². The number of carboxylic acids is 1. The molecule has 0 rings (SSSR count). The number of amides is 8. The summed E-state index contributed by atoms with van der Waals surface area (Å²) in [5.74, 6) is -7.04. The SMILES string of the molecule is N[C@@H](CCC(=O)O)C(=O)NCC(=O)NCC(=O)NCC(=O)NCC(=O)NCCOCCOCCOCCOCCC(=O)N[C@@H](CCC(=O)NC[C@H](O)[C@@H](O)[C@H](O)[C@H](O)CO)C(=O)NC[C@H](O)[C@@H](O)[C@H](O)[C@H](O)CO. The van der Waals surface area contributed by atoms with Gasteiger partial charge in [0.05, 0.1) is 110 Å². The summed E-state index contributed by atoms with van der Waals surface area (Å²) in [6, 6.07) is -2.56. The molecule has 10 atom stereocenters. The predicted molar refractivity (Wildman–Crippen MR) is 247 cm³/mol. The molecule has 0 fully saturated rings. The van der Waals surface area contributed by atoms with E-state index in [4.69, 9.17) is 40.0 Å². The van der Waals surface area contributed by atoms with Gasteiger partial charge in [0.1, 0.15) is 42.7 Å². The van der Waals surface area contributed by atoms with Crippen molar-refractivity contribution in [3.63, 3.8) is 0 Å². The summed E-state index contributed by atoms with van der Waals surface area (Å²) in [7, 11) is 0. The minimum Gasteiger partial charge on any atom is -0.481 e. The number of carboxylic acid groups (broad SMARTS) is 1. The van der Waals surface area contributed by atoms with E-state index in [9.17, 15) is 84.0 Å². The monoisotopic (exact) mass is 1080 g/mol. The molecule has 33 heteroatoms. The highest BCUT2D eigenvalue weighted by Crippen LogP contribution is 2.07. The Morgan fingerprint density at radius 2 is 0.811 bits per heavy atom. The Morgan fingerprint density at radius 1 is 0.405 bits per heavy atom. The van der Waals surface area contributed by atoms with Crippen LogP contribution in [0.25, 0.3) is 0 Å². The molecule has 0 aromatic heterocycles. The van der Waals surface area contributed by atoms with Gasteiger partial charge < -0.3 is 123 Å². The molecule has 428 valence electrons. The number of hydrogen-bond acceptors (Lipinski definition) is 24. The molecule has 0 aromatic rings. The molecule has 0 heterocycles. The second-order valence-electron chi connectivity index (χ2n) is 15.9. The lowest BCUT2D eigenvalue weighted by Gasteiger charge is -2.26. The van der Waals surface area contributed by atoms with Crippen molar-refractivity contribution < 1.29 is 118 Å². The lowest BCUT2D eigenvalue weighted by molar-refractivity contribution is -0.137. The zero-order chi connectivity index (χ0) is 56.0. The molecule has 74 heavy (non-hydrogen) atoms. The number of aliphatic hydroxyl groups is 10. The van der Waals surface area contributed by atoms with Crippen LogP contribution in [0.5, 0.6) is 0 Å². The average Bonchev–Trinajstić information content (AvgIpc) is 3.38. The van der Waals surface area contributed by atoms with Gasteiger partial charge in [0.2, 0.25) is 47.3 Å². The Labute approximate surface area is 424 Å². The maximum Gasteiger partial charge on any atom is 0.303 e. The molecule has 21 N–H and O–H groups in total. The number of aliphatic carboxylic acids is 1. The van der Waals surface area contributed by atoms with Gasteiger partial charge in [-0.3, -0.25) is 43.2 Å². The van der Waals surface area contributed by atoms with Crippen LogP contribution in [0.3, 0.4) is 0 Å². The quantitative estimate of drug-likeness (QED) is 0.0252. The van der Waals surface area contributed by atoms with E-state index in [-0.39, 0.29) is 85.1 Å².